The summed E-state index contributed by atoms with van der Waals surface area (Å²) in [5.41, 5.74) is 3.10. The molecule has 3 rings (SSSR count). The molecule has 0 amide bonds. The molecular formula is C19H21BClNO4. The van der Waals surface area contributed by atoms with Gasteiger partial charge in [-0.25, -0.2) is 4.79 Å². The first kappa shape index (κ1) is 18.7. The quantitative estimate of drug-likeness (QED) is 0.599. The molecule has 0 spiro atoms. The Balaban J connectivity index is 1.88. The number of carbonyl (C=O) groups excluding carboxylic acids is 2. The molecule has 5 nitrogen and oxygen atoms in total. The van der Waals surface area contributed by atoms with Gasteiger partial charge in [0.05, 0.1) is 7.11 Å². The predicted octanol–water partition coefficient (Wildman–Crippen LogP) is 2.44. The highest BCUT2D eigenvalue weighted by molar-refractivity contribution is 6.31. The summed E-state index contributed by atoms with van der Waals surface area (Å²) in [5, 5.41) is 0.540. The fraction of sp³-hybridized carbons (Fsp3) is 0.368. The van der Waals surface area contributed by atoms with Crippen LogP contribution >= 0.6 is 11.6 Å². The summed E-state index contributed by atoms with van der Waals surface area (Å²) in [6.07, 6.45) is 2.73. The normalized spacial score (nSPS) is 21.0. The molecule has 2 aliphatic rings. The predicted molar refractivity (Wildman–Crippen MR) is 102 cm³/mol. The second kappa shape index (κ2) is 7.68. The van der Waals surface area contributed by atoms with Crippen LogP contribution in [0.4, 0.5) is 0 Å². The smallest absolute Gasteiger partial charge is 0.327 e. The van der Waals surface area contributed by atoms with Gasteiger partial charge in [-0.1, -0.05) is 35.4 Å². The van der Waals surface area contributed by atoms with Crippen molar-refractivity contribution in [3.8, 4) is 0 Å². The molecule has 1 heterocycles. The van der Waals surface area contributed by atoms with E-state index in [1.54, 1.807) is 6.07 Å². The number of esters is 2. The zero-order valence-electron chi connectivity index (χ0n) is 15.1. The van der Waals surface area contributed by atoms with Gasteiger partial charge >= 0.3 is 11.9 Å². The number of rotatable bonds is 4. The topological polar surface area (TPSA) is 55.8 Å². The first-order chi connectivity index (χ1) is 12.4. The number of benzene rings is 1. The van der Waals surface area contributed by atoms with E-state index in [9.17, 15) is 9.59 Å². The summed E-state index contributed by atoms with van der Waals surface area (Å²) in [6, 6.07) is 6.76. The number of methoxy groups -OCH3 is 1. The molecule has 0 aromatic heterocycles. The maximum Gasteiger partial charge on any atom is 0.327 e. The SMILES string of the molecule is BC1C(OC(C)=O)=CC2=C1CCN(C(C(=O)OC)c1ccccc1Cl)C2. The molecule has 1 aliphatic carbocycles. The van der Waals surface area contributed by atoms with Crippen molar-refractivity contribution >= 4 is 31.4 Å². The van der Waals surface area contributed by atoms with Gasteiger partial charge in [-0.3, -0.25) is 9.69 Å². The highest BCUT2D eigenvalue weighted by Crippen LogP contribution is 2.42. The molecule has 26 heavy (non-hydrogen) atoms. The van der Waals surface area contributed by atoms with Crippen molar-refractivity contribution in [2.45, 2.75) is 25.2 Å². The number of hydrogen-bond acceptors (Lipinski definition) is 5. The van der Waals surface area contributed by atoms with Gasteiger partial charge in [0, 0.05) is 30.9 Å². The maximum absolute atomic E-state index is 12.5. The zero-order valence-corrected chi connectivity index (χ0v) is 15.9. The Morgan fingerprint density at radius 3 is 2.73 bits per heavy atom. The number of allylic oxidation sites excluding steroid dienone is 1. The van der Waals surface area contributed by atoms with Gasteiger partial charge in [-0.2, -0.15) is 0 Å². The molecule has 136 valence electrons. The molecule has 7 heteroatoms. The van der Waals surface area contributed by atoms with Gasteiger partial charge in [0.25, 0.3) is 0 Å². The van der Waals surface area contributed by atoms with Crippen molar-refractivity contribution in [3.05, 3.63) is 57.8 Å². The van der Waals surface area contributed by atoms with Crippen LogP contribution in [0, 0.1) is 0 Å². The van der Waals surface area contributed by atoms with Crippen molar-refractivity contribution in [1.29, 1.82) is 0 Å². The highest BCUT2D eigenvalue weighted by Gasteiger charge is 2.36. The zero-order chi connectivity index (χ0) is 18.8. The molecule has 0 radical (unpaired) electrons. The Hall–Kier alpha value is -2.05. The second-order valence-electron chi connectivity index (χ2n) is 6.58. The molecule has 2 atom stereocenters. The monoisotopic (exact) mass is 373 g/mol. The van der Waals surface area contributed by atoms with E-state index in [0.29, 0.717) is 23.9 Å². The van der Waals surface area contributed by atoms with E-state index in [2.05, 4.69) is 4.90 Å². The van der Waals surface area contributed by atoms with Gasteiger partial charge in [0.2, 0.25) is 0 Å². The lowest BCUT2D eigenvalue weighted by molar-refractivity contribution is -0.147. The molecule has 1 aromatic carbocycles. The number of carbonyl (C=O) groups is 2. The van der Waals surface area contributed by atoms with Crippen molar-refractivity contribution in [2.75, 3.05) is 20.2 Å². The van der Waals surface area contributed by atoms with E-state index in [-0.39, 0.29) is 17.8 Å². The molecule has 0 N–H and O–H groups in total. The summed E-state index contributed by atoms with van der Waals surface area (Å²) >= 11 is 6.34. The lowest BCUT2D eigenvalue weighted by Crippen LogP contribution is -2.39. The van der Waals surface area contributed by atoms with Crippen LogP contribution in [-0.2, 0) is 19.1 Å². The van der Waals surface area contributed by atoms with E-state index in [0.717, 1.165) is 17.6 Å². The second-order valence-corrected chi connectivity index (χ2v) is 6.99. The van der Waals surface area contributed by atoms with E-state index in [4.69, 9.17) is 21.1 Å². The summed E-state index contributed by atoms with van der Waals surface area (Å²) in [4.78, 5) is 25.9. The van der Waals surface area contributed by atoms with Gasteiger partial charge < -0.3 is 9.47 Å². The van der Waals surface area contributed by atoms with Crippen LogP contribution in [0.15, 0.2) is 47.2 Å². The minimum atomic E-state index is -0.566. The van der Waals surface area contributed by atoms with Crippen molar-refractivity contribution in [1.82, 2.24) is 4.90 Å². The first-order valence-electron chi connectivity index (χ1n) is 8.60. The summed E-state index contributed by atoms with van der Waals surface area (Å²) < 4.78 is 10.4. The van der Waals surface area contributed by atoms with Crippen LogP contribution in [0.3, 0.4) is 0 Å². The van der Waals surface area contributed by atoms with E-state index < -0.39 is 6.04 Å². The van der Waals surface area contributed by atoms with Crippen LogP contribution in [0.2, 0.25) is 10.8 Å². The van der Waals surface area contributed by atoms with E-state index >= 15 is 0 Å². The van der Waals surface area contributed by atoms with Crippen molar-refractivity contribution < 1.29 is 19.1 Å². The van der Waals surface area contributed by atoms with Crippen LogP contribution < -0.4 is 0 Å². The third-order valence-corrected chi connectivity index (χ3v) is 5.32. The minimum absolute atomic E-state index is 0.0907. The van der Waals surface area contributed by atoms with Crippen molar-refractivity contribution in [3.63, 3.8) is 0 Å². The Morgan fingerprint density at radius 1 is 1.35 bits per heavy atom. The third-order valence-electron chi connectivity index (χ3n) is 4.97. The van der Waals surface area contributed by atoms with Crippen LogP contribution in [0.1, 0.15) is 24.9 Å². The number of ether oxygens (including phenoxy) is 2. The van der Waals surface area contributed by atoms with Crippen LogP contribution in [0.5, 0.6) is 0 Å². The highest BCUT2D eigenvalue weighted by atomic mass is 35.5. The number of hydrogen-bond donors (Lipinski definition) is 0. The minimum Gasteiger partial charge on any atom is -0.468 e. The first-order valence-corrected chi connectivity index (χ1v) is 8.98. The number of nitrogens with zero attached hydrogens (tertiary/aromatic N) is 1. The average molecular weight is 374 g/mol. The lowest BCUT2D eigenvalue weighted by Gasteiger charge is -2.34. The average Bonchev–Trinajstić information content (AvgIpc) is 2.91. The van der Waals surface area contributed by atoms with Gasteiger partial charge in [-0.05, 0) is 29.7 Å². The molecule has 0 fully saturated rings. The van der Waals surface area contributed by atoms with Crippen LogP contribution in [-0.4, -0.2) is 44.9 Å². The summed E-state index contributed by atoms with van der Waals surface area (Å²) in [7, 11) is 3.43. The maximum atomic E-state index is 12.5. The fourth-order valence-electron chi connectivity index (χ4n) is 3.71. The molecule has 2 unspecified atom stereocenters. The lowest BCUT2D eigenvalue weighted by atomic mass is 9.78. The van der Waals surface area contributed by atoms with Gasteiger partial charge in [0.1, 0.15) is 19.6 Å². The molecule has 0 saturated heterocycles. The molecule has 1 aromatic rings. The van der Waals surface area contributed by atoms with Crippen molar-refractivity contribution in [2.24, 2.45) is 0 Å². The van der Waals surface area contributed by atoms with E-state index in [1.807, 2.05) is 32.1 Å². The fourth-order valence-corrected chi connectivity index (χ4v) is 3.95. The van der Waals surface area contributed by atoms with Gasteiger partial charge in [0.15, 0.2) is 0 Å². The summed E-state index contributed by atoms with van der Waals surface area (Å²) in [6.45, 7) is 2.69. The Bertz CT molecular complexity index is 804. The molecule has 1 aliphatic heterocycles. The third kappa shape index (κ3) is 3.57. The summed E-state index contributed by atoms with van der Waals surface area (Å²) in [5.74, 6) is 0.116. The van der Waals surface area contributed by atoms with Gasteiger partial charge in [-0.15, -0.1) is 0 Å². The van der Waals surface area contributed by atoms with E-state index in [1.165, 1.54) is 19.6 Å². The Morgan fingerprint density at radius 2 is 2.08 bits per heavy atom. The van der Waals surface area contributed by atoms with Crippen LogP contribution in [0.25, 0.3) is 0 Å². The Labute approximate surface area is 159 Å². The number of halogens is 1. The Kier molecular flexibility index (Phi) is 5.54. The standard InChI is InChI=1S/C19H21BClNO4/c1-11(23)26-16-9-12-10-22(8-7-13(12)17(16)20)18(19(24)25-2)14-5-3-4-6-15(14)21/h3-6,9,17-18H,7-8,10,20H2,1-2H3. The molecule has 0 saturated carbocycles. The molecule has 0 bridgehead atoms. The largest absolute Gasteiger partial charge is 0.468 e. The molecular weight excluding hydrogens is 352 g/mol.